The number of hydrogen-bond donors (Lipinski definition) is 1. The van der Waals surface area contributed by atoms with Crippen LogP contribution in [0.2, 0.25) is 10.0 Å². The Morgan fingerprint density at radius 1 is 0.968 bits per heavy atom. The summed E-state index contributed by atoms with van der Waals surface area (Å²) in [5, 5.41) is 7.52. The Kier molecular flexibility index (Phi) is 5.97. The zero-order valence-electron chi connectivity index (χ0n) is 15.8. The van der Waals surface area contributed by atoms with Gasteiger partial charge in [0.2, 0.25) is 5.88 Å². The molecule has 9 heteroatoms. The van der Waals surface area contributed by atoms with E-state index in [2.05, 4.69) is 15.4 Å². The summed E-state index contributed by atoms with van der Waals surface area (Å²) in [7, 11) is 0. The van der Waals surface area contributed by atoms with Gasteiger partial charge >= 0.3 is 0 Å². The maximum atomic E-state index is 12.8. The summed E-state index contributed by atoms with van der Waals surface area (Å²) >= 11 is 12.0. The van der Waals surface area contributed by atoms with Crippen molar-refractivity contribution in [2.24, 2.45) is 0 Å². The van der Waals surface area contributed by atoms with E-state index in [4.69, 9.17) is 27.9 Å². The Labute approximate surface area is 186 Å². The average molecular weight is 453 g/mol. The minimum atomic E-state index is -0.518. The van der Waals surface area contributed by atoms with Crippen molar-refractivity contribution in [3.8, 4) is 17.3 Å². The number of hydrogen-bond acceptors (Lipinski definition) is 5. The first-order chi connectivity index (χ1) is 15.0. The van der Waals surface area contributed by atoms with Gasteiger partial charge in [0.25, 0.3) is 11.5 Å². The lowest BCUT2D eigenvalue weighted by atomic mass is 10.2. The van der Waals surface area contributed by atoms with Crippen LogP contribution < -0.4 is 15.6 Å². The largest absolute Gasteiger partial charge is 0.435 e. The quantitative estimate of drug-likeness (QED) is 0.461. The molecular formula is C22H14Cl2N4O3. The van der Waals surface area contributed by atoms with Gasteiger partial charge in [-0.15, -0.1) is 0 Å². The number of ether oxygens (including phenoxy) is 1. The maximum absolute atomic E-state index is 12.8. The summed E-state index contributed by atoms with van der Waals surface area (Å²) in [4.78, 5) is 29.1. The van der Waals surface area contributed by atoms with Crippen LogP contribution in [0.15, 0.2) is 83.8 Å². The second-order valence-corrected chi connectivity index (χ2v) is 7.14. The molecule has 2 heterocycles. The number of rotatable bonds is 5. The monoisotopic (exact) mass is 452 g/mol. The van der Waals surface area contributed by atoms with Crippen LogP contribution in [0.3, 0.4) is 0 Å². The topological polar surface area (TPSA) is 86.1 Å². The molecule has 2 aromatic carbocycles. The minimum Gasteiger partial charge on any atom is -0.435 e. The maximum Gasteiger partial charge on any atom is 0.276 e. The number of benzene rings is 2. The highest BCUT2D eigenvalue weighted by molar-refractivity contribution is 6.35. The molecule has 0 saturated carbocycles. The molecule has 0 radical (unpaired) electrons. The predicted molar refractivity (Wildman–Crippen MR) is 119 cm³/mol. The highest BCUT2D eigenvalue weighted by atomic mass is 35.5. The van der Waals surface area contributed by atoms with Gasteiger partial charge in [-0.05, 0) is 36.4 Å². The van der Waals surface area contributed by atoms with Crippen LogP contribution in [0.25, 0.3) is 5.69 Å². The molecular weight excluding hydrogens is 439 g/mol. The van der Waals surface area contributed by atoms with Crippen molar-refractivity contribution in [1.29, 1.82) is 0 Å². The van der Waals surface area contributed by atoms with E-state index >= 15 is 0 Å². The zero-order chi connectivity index (χ0) is 21.8. The smallest absolute Gasteiger partial charge is 0.276 e. The number of carbonyl (C=O) groups is 1. The number of carbonyl (C=O) groups excluding carboxylic acids is 1. The third-order valence-corrected chi connectivity index (χ3v) is 4.63. The van der Waals surface area contributed by atoms with Crippen molar-refractivity contribution in [1.82, 2.24) is 14.8 Å². The second kappa shape index (κ2) is 8.99. The van der Waals surface area contributed by atoms with Crippen LogP contribution in [0.5, 0.6) is 11.6 Å². The van der Waals surface area contributed by atoms with Crippen molar-refractivity contribution in [3.63, 3.8) is 0 Å². The molecule has 154 valence electrons. The van der Waals surface area contributed by atoms with Gasteiger partial charge in [-0.1, -0.05) is 53.5 Å². The Morgan fingerprint density at radius 2 is 1.71 bits per heavy atom. The molecule has 0 aliphatic rings. The van der Waals surface area contributed by atoms with Crippen LogP contribution >= 0.6 is 23.2 Å². The van der Waals surface area contributed by atoms with Gasteiger partial charge in [-0.2, -0.15) is 9.78 Å². The highest BCUT2D eigenvalue weighted by Gasteiger charge is 2.15. The molecule has 7 nitrogen and oxygen atoms in total. The van der Waals surface area contributed by atoms with E-state index < -0.39 is 5.91 Å². The molecule has 0 unspecified atom stereocenters. The molecule has 1 N–H and O–H groups in total. The molecule has 0 atom stereocenters. The Morgan fingerprint density at radius 3 is 2.48 bits per heavy atom. The number of nitrogens with zero attached hydrogens (tertiary/aromatic N) is 3. The average Bonchev–Trinajstić information content (AvgIpc) is 2.78. The van der Waals surface area contributed by atoms with Gasteiger partial charge < -0.3 is 10.1 Å². The second-order valence-electron chi connectivity index (χ2n) is 6.30. The number of aromatic nitrogens is 3. The SMILES string of the molecule is O=C(Nc1ccccc1Oc1ncc(Cl)cc1Cl)c1ccc(=O)n(-c2ccccc2)n1. The molecule has 0 fully saturated rings. The number of nitrogens with one attached hydrogen (secondary N) is 1. The Balaban J connectivity index is 1.61. The van der Waals surface area contributed by atoms with Crippen molar-refractivity contribution in [2.75, 3.05) is 5.32 Å². The van der Waals surface area contributed by atoms with Crippen molar-refractivity contribution in [2.45, 2.75) is 0 Å². The lowest BCUT2D eigenvalue weighted by molar-refractivity contribution is 0.102. The summed E-state index contributed by atoms with van der Waals surface area (Å²) in [6.45, 7) is 0. The van der Waals surface area contributed by atoms with E-state index in [9.17, 15) is 9.59 Å². The normalized spacial score (nSPS) is 10.5. The molecule has 2 aromatic heterocycles. The van der Waals surface area contributed by atoms with Gasteiger partial charge in [0.15, 0.2) is 5.75 Å². The molecule has 31 heavy (non-hydrogen) atoms. The van der Waals surface area contributed by atoms with E-state index in [1.807, 2.05) is 6.07 Å². The zero-order valence-corrected chi connectivity index (χ0v) is 17.3. The van der Waals surface area contributed by atoms with Crippen LogP contribution in [0.1, 0.15) is 10.5 Å². The van der Waals surface area contributed by atoms with Gasteiger partial charge in [0.05, 0.1) is 16.4 Å². The summed E-state index contributed by atoms with van der Waals surface area (Å²) in [6, 6.07) is 19.8. The summed E-state index contributed by atoms with van der Waals surface area (Å²) < 4.78 is 6.91. The summed E-state index contributed by atoms with van der Waals surface area (Å²) in [5.74, 6) is -0.0524. The Bertz CT molecular complexity index is 1310. The van der Waals surface area contributed by atoms with Gasteiger partial charge in [-0.3, -0.25) is 9.59 Å². The van der Waals surface area contributed by atoms with Gasteiger partial charge in [0.1, 0.15) is 10.7 Å². The summed E-state index contributed by atoms with van der Waals surface area (Å²) in [5.41, 5.74) is 0.629. The summed E-state index contributed by atoms with van der Waals surface area (Å²) in [6.07, 6.45) is 1.40. The molecule has 0 bridgehead atoms. The van der Waals surface area contributed by atoms with Crippen molar-refractivity contribution < 1.29 is 9.53 Å². The van der Waals surface area contributed by atoms with E-state index in [0.717, 1.165) is 4.68 Å². The first kappa shape index (κ1) is 20.6. The lowest BCUT2D eigenvalue weighted by Crippen LogP contribution is -2.24. The number of para-hydroxylation sites is 3. The molecule has 0 saturated heterocycles. The molecule has 0 spiro atoms. The van der Waals surface area contributed by atoms with E-state index in [1.165, 1.54) is 24.4 Å². The molecule has 4 aromatic rings. The van der Waals surface area contributed by atoms with Gasteiger partial charge in [0, 0.05) is 12.3 Å². The number of anilines is 1. The molecule has 0 aliphatic carbocycles. The number of halogens is 2. The third kappa shape index (κ3) is 4.74. The predicted octanol–water partition coefficient (Wildman–Crippen LogP) is 4.98. The first-order valence-corrected chi connectivity index (χ1v) is 9.82. The van der Waals surface area contributed by atoms with Crippen molar-refractivity contribution >= 4 is 34.8 Å². The van der Waals surface area contributed by atoms with Gasteiger partial charge in [-0.25, -0.2) is 4.98 Å². The fraction of sp³-hybridized carbons (Fsp3) is 0. The molecule has 0 aliphatic heterocycles. The van der Waals surface area contributed by atoms with Crippen molar-refractivity contribution in [3.05, 3.63) is 105 Å². The first-order valence-electron chi connectivity index (χ1n) is 9.06. The lowest BCUT2D eigenvalue weighted by Gasteiger charge is -2.12. The number of pyridine rings is 1. The standard InChI is InChI=1S/C22H14Cl2N4O3/c23-14-12-16(24)22(25-13-14)31-19-9-5-4-8-17(19)26-21(30)18-10-11-20(29)28(27-18)15-6-2-1-3-7-15/h1-13H,(H,26,30). The highest BCUT2D eigenvalue weighted by Crippen LogP contribution is 2.33. The number of amides is 1. The molecule has 1 amide bonds. The fourth-order valence-electron chi connectivity index (χ4n) is 2.71. The van der Waals surface area contributed by atoms with Crippen LogP contribution in [-0.2, 0) is 0 Å². The van der Waals surface area contributed by atoms with E-state index in [1.54, 1.807) is 48.5 Å². The van der Waals surface area contributed by atoms with Crippen LogP contribution in [0.4, 0.5) is 5.69 Å². The third-order valence-electron chi connectivity index (χ3n) is 4.15. The Hall–Kier alpha value is -3.68. The van der Waals surface area contributed by atoms with E-state index in [0.29, 0.717) is 22.1 Å². The van der Waals surface area contributed by atoms with E-state index in [-0.39, 0.29) is 22.2 Å². The minimum absolute atomic E-state index is 0.0564. The van der Waals surface area contributed by atoms with Crippen LogP contribution in [-0.4, -0.2) is 20.7 Å². The molecule has 4 rings (SSSR count). The van der Waals surface area contributed by atoms with Crippen LogP contribution in [0, 0.1) is 0 Å². The fourth-order valence-corrected chi connectivity index (χ4v) is 3.13.